The fourth-order valence-corrected chi connectivity index (χ4v) is 3.14. The predicted octanol–water partition coefficient (Wildman–Crippen LogP) is 4.44. The summed E-state index contributed by atoms with van der Waals surface area (Å²) in [4.78, 5) is 17.0. The standard InChI is InChI=1S/C17H23F2NO2/c1-15(2)11-8-12-16(3,4)20(15)22-17(18,19)14(21)13-9-6-5-7-10-13/h5-7,9-10H,8,11-12H2,1-4H3. The van der Waals surface area contributed by atoms with Gasteiger partial charge in [-0.2, -0.15) is 13.8 Å². The first-order valence-corrected chi connectivity index (χ1v) is 7.53. The molecule has 0 atom stereocenters. The monoisotopic (exact) mass is 311 g/mol. The van der Waals surface area contributed by atoms with E-state index in [0.717, 1.165) is 19.3 Å². The van der Waals surface area contributed by atoms with Gasteiger partial charge in [0, 0.05) is 16.6 Å². The average Bonchev–Trinajstić information content (AvgIpc) is 2.43. The van der Waals surface area contributed by atoms with E-state index in [4.69, 9.17) is 4.84 Å². The van der Waals surface area contributed by atoms with Gasteiger partial charge < -0.3 is 0 Å². The number of benzene rings is 1. The van der Waals surface area contributed by atoms with Gasteiger partial charge in [-0.05, 0) is 47.0 Å². The summed E-state index contributed by atoms with van der Waals surface area (Å²) in [7, 11) is 0. The maximum absolute atomic E-state index is 14.4. The maximum Gasteiger partial charge on any atom is 0.436 e. The minimum atomic E-state index is -3.88. The van der Waals surface area contributed by atoms with Crippen LogP contribution in [-0.4, -0.2) is 28.0 Å². The van der Waals surface area contributed by atoms with E-state index in [-0.39, 0.29) is 5.56 Å². The van der Waals surface area contributed by atoms with E-state index >= 15 is 0 Å². The number of halogens is 2. The molecule has 1 saturated heterocycles. The zero-order valence-electron chi connectivity index (χ0n) is 13.5. The number of hydroxylamine groups is 2. The highest BCUT2D eigenvalue weighted by Crippen LogP contribution is 2.41. The topological polar surface area (TPSA) is 29.5 Å². The van der Waals surface area contributed by atoms with Crippen LogP contribution in [0.1, 0.15) is 57.3 Å². The predicted molar refractivity (Wildman–Crippen MR) is 80.7 cm³/mol. The van der Waals surface area contributed by atoms with Crippen LogP contribution < -0.4 is 0 Å². The summed E-state index contributed by atoms with van der Waals surface area (Å²) >= 11 is 0. The summed E-state index contributed by atoms with van der Waals surface area (Å²) in [5.74, 6) is -1.31. The molecule has 1 aliphatic rings. The second-order valence-corrected chi connectivity index (χ2v) is 7.08. The van der Waals surface area contributed by atoms with Crippen LogP contribution in [0.4, 0.5) is 8.78 Å². The summed E-state index contributed by atoms with van der Waals surface area (Å²) < 4.78 is 28.7. The molecule has 1 aromatic carbocycles. The Morgan fingerprint density at radius 3 is 2.09 bits per heavy atom. The number of rotatable bonds is 4. The van der Waals surface area contributed by atoms with Crippen molar-refractivity contribution >= 4 is 5.78 Å². The Balaban J connectivity index is 2.25. The molecule has 0 spiro atoms. The number of hydrogen-bond acceptors (Lipinski definition) is 3. The quantitative estimate of drug-likeness (QED) is 0.770. The normalized spacial score (nSPS) is 21.5. The minimum Gasteiger partial charge on any atom is -0.284 e. The summed E-state index contributed by atoms with van der Waals surface area (Å²) in [6, 6.07) is 7.51. The van der Waals surface area contributed by atoms with Crippen molar-refractivity contribution in [2.45, 2.75) is 64.1 Å². The van der Waals surface area contributed by atoms with Gasteiger partial charge >= 0.3 is 6.11 Å². The van der Waals surface area contributed by atoms with Crippen molar-refractivity contribution in [2.75, 3.05) is 0 Å². The van der Waals surface area contributed by atoms with Crippen molar-refractivity contribution in [1.29, 1.82) is 0 Å². The highest BCUT2D eigenvalue weighted by molar-refractivity contribution is 6.00. The van der Waals surface area contributed by atoms with E-state index < -0.39 is 23.0 Å². The second-order valence-electron chi connectivity index (χ2n) is 7.08. The molecule has 1 aromatic rings. The molecule has 1 heterocycles. The minimum absolute atomic E-state index is 0.0554. The highest BCUT2D eigenvalue weighted by Gasteiger charge is 2.51. The molecule has 122 valence electrons. The Bertz CT molecular complexity index is 525. The third-order valence-corrected chi connectivity index (χ3v) is 4.18. The molecule has 5 heteroatoms. The van der Waals surface area contributed by atoms with Gasteiger partial charge in [-0.25, -0.2) is 4.84 Å². The lowest BCUT2D eigenvalue weighted by molar-refractivity contribution is -0.386. The molecule has 3 nitrogen and oxygen atoms in total. The Morgan fingerprint density at radius 1 is 1.09 bits per heavy atom. The smallest absolute Gasteiger partial charge is 0.284 e. The van der Waals surface area contributed by atoms with Crippen LogP contribution in [0.5, 0.6) is 0 Å². The number of alkyl halides is 2. The SMILES string of the molecule is CC1(C)CCCC(C)(C)N1OC(F)(F)C(=O)c1ccccc1. The van der Waals surface area contributed by atoms with Crippen LogP contribution in [0.3, 0.4) is 0 Å². The lowest BCUT2D eigenvalue weighted by atomic mass is 9.82. The zero-order chi connectivity index (χ0) is 16.6. The third kappa shape index (κ3) is 3.36. The van der Waals surface area contributed by atoms with Crippen LogP contribution in [0, 0.1) is 0 Å². The Hall–Kier alpha value is -1.33. The molecule has 22 heavy (non-hydrogen) atoms. The van der Waals surface area contributed by atoms with E-state index in [0.29, 0.717) is 0 Å². The highest BCUT2D eigenvalue weighted by atomic mass is 19.3. The van der Waals surface area contributed by atoms with E-state index in [9.17, 15) is 13.6 Å². The number of hydrogen-bond donors (Lipinski definition) is 0. The number of piperidine rings is 1. The zero-order valence-corrected chi connectivity index (χ0v) is 13.5. The van der Waals surface area contributed by atoms with Gasteiger partial charge in [0.15, 0.2) is 0 Å². The third-order valence-electron chi connectivity index (χ3n) is 4.18. The van der Waals surface area contributed by atoms with E-state index in [1.165, 1.54) is 17.2 Å². The van der Waals surface area contributed by atoms with Gasteiger partial charge in [-0.1, -0.05) is 30.3 Å². The molecule has 0 saturated carbocycles. The lowest BCUT2D eigenvalue weighted by Crippen LogP contribution is -2.61. The van der Waals surface area contributed by atoms with Crippen LogP contribution in [0.15, 0.2) is 30.3 Å². The summed E-state index contributed by atoms with van der Waals surface area (Å²) in [5.41, 5.74) is -1.16. The Kier molecular flexibility index (Phi) is 4.42. The summed E-state index contributed by atoms with van der Waals surface area (Å²) in [6.07, 6.45) is -1.45. The number of carbonyl (C=O) groups is 1. The number of Topliss-reactive ketones (excluding diaryl/α,β-unsaturated/α-hetero) is 1. The van der Waals surface area contributed by atoms with Gasteiger partial charge in [0.2, 0.25) is 0 Å². The molecule has 0 N–H and O–H groups in total. The second kappa shape index (κ2) is 5.70. The molecular weight excluding hydrogens is 288 g/mol. The summed E-state index contributed by atoms with van der Waals surface area (Å²) in [5, 5.41) is 1.31. The van der Waals surface area contributed by atoms with Gasteiger partial charge in [-0.15, -0.1) is 0 Å². The average molecular weight is 311 g/mol. The van der Waals surface area contributed by atoms with Gasteiger partial charge in [-0.3, -0.25) is 4.79 Å². The van der Waals surface area contributed by atoms with Crippen molar-refractivity contribution in [1.82, 2.24) is 5.06 Å². The van der Waals surface area contributed by atoms with E-state index in [1.807, 2.05) is 27.7 Å². The molecule has 2 rings (SSSR count). The first-order valence-electron chi connectivity index (χ1n) is 7.53. The van der Waals surface area contributed by atoms with Crippen LogP contribution in [0.25, 0.3) is 0 Å². The van der Waals surface area contributed by atoms with Gasteiger partial charge in [0.25, 0.3) is 5.78 Å². The fourth-order valence-electron chi connectivity index (χ4n) is 3.14. The summed E-state index contributed by atoms with van der Waals surface area (Å²) in [6.45, 7) is 7.43. The van der Waals surface area contributed by atoms with Crippen molar-refractivity contribution in [3.05, 3.63) is 35.9 Å². The molecule has 1 aliphatic heterocycles. The van der Waals surface area contributed by atoms with Crippen molar-refractivity contribution < 1.29 is 18.4 Å². The Morgan fingerprint density at radius 2 is 1.59 bits per heavy atom. The van der Waals surface area contributed by atoms with Crippen molar-refractivity contribution in [2.24, 2.45) is 0 Å². The molecule has 0 aliphatic carbocycles. The van der Waals surface area contributed by atoms with Crippen molar-refractivity contribution in [3.63, 3.8) is 0 Å². The first-order chi connectivity index (χ1) is 10.1. The molecule has 0 bridgehead atoms. The molecule has 0 radical (unpaired) electrons. The van der Waals surface area contributed by atoms with Gasteiger partial charge in [0.05, 0.1) is 0 Å². The Labute approximate surface area is 130 Å². The molecular formula is C17H23F2NO2. The van der Waals surface area contributed by atoms with E-state index in [1.54, 1.807) is 18.2 Å². The number of ketones is 1. The van der Waals surface area contributed by atoms with E-state index in [2.05, 4.69) is 0 Å². The molecule has 1 fully saturated rings. The largest absolute Gasteiger partial charge is 0.436 e. The van der Waals surface area contributed by atoms with Crippen LogP contribution >= 0.6 is 0 Å². The number of nitrogens with zero attached hydrogens (tertiary/aromatic N) is 1. The lowest BCUT2D eigenvalue weighted by Gasteiger charge is -2.51. The van der Waals surface area contributed by atoms with Gasteiger partial charge in [0.1, 0.15) is 0 Å². The van der Waals surface area contributed by atoms with Crippen LogP contribution in [-0.2, 0) is 4.84 Å². The molecule has 0 unspecified atom stereocenters. The first kappa shape index (κ1) is 17.0. The fraction of sp³-hybridized carbons (Fsp3) is 0.588. The molecule has 0 amide bonds. The maximum atomic E-state index is 14.4. The van der Waals surface area contributed by atoms with Crippen LogP contribution in [0.2, 0.25) is 0 Å². The van der Waals surface area contributed by atoms with Crippen molar-refractivity contribution in [3.8, 4) is 0 Å². The molecule has 0 aromatic heterocycles. The number of carbonyl (C=O) groups excluding carboxylic acids is 1.